The number of anilines is 1. The molecule has 1 fully saturated rings. The molecule has 1 aromatic rings. The Morgan fingerprint density at radius 3 is 2.78 bits per heavy atom. The zero-order chi connectivity index (χ0) is 12.6. The van der Waals surface area contributed by atoms with Crippen LogP contribution < -0.4 is 5.32 Å². The predicted molar refractivity (Wildman–Crippen MR) is 67.5 cm³/mol. The minimum absolute atomic E-state index is 0.251. The summed E-state index contributed by atoms with van der Waals surface area (Å²) in [5.74, 6) is 1.72. The van der Waals surface area contributed by atoms with E-state index in [4.69, 9.17) is 14.5 Å². The number of aromatic nitrogens is 2. The molecule has 0 atom stereocenters. The minimum Gasteiger partial charge on any atom is -0.376 e. The predicted octanol–water partition coefficient (Wildman–Crippen LogP) is 1.62. The molecule has 0 amide bonds. The molecule has 0 bridgehead atoms. The number of fused-ring (bicyclic) bond motifs is 1. The van der Waals surface area contributed by atoms with Crippen molar-refractivity contribution >= 4 is 5.82 Å². The summed E-state index contributed by atoms with van der Waals surface area (Å²) in [6.07, 6.45) is 4.08. The molecule has 1 aromatic heterocycles. The van der Waals surface area contributed by atoms with E-state index in [0.29, 0.717) is 6.61 Å². The van der Waals surface area contributed by atoms with E-state index in [1.165, 1.54) is 6.42 Å². The van der Waals surface area contributed by atoms with Gasteiger partial charge in [-0.1, -0.05) is 0 Å². The lowest BCUT2D eigenvalue weighted by Crippen LogP contribution is -2.39. The van der Waals surface area contributed by atoms with Crippen LogP contribution in [-0.2, 0) is 28.1 Å². The number of hydrogen-bond donors (Lipinski definition) is 1. The summed E-state index contributed by atoms with van der Waals surface area (Å²) < 4.78 is 11.1. The van der Waals surface area contributed by atoms with E-state index < -0.39 is 0 Å². The van der Waals surface area contributed by atoms with Crippen molar-refractivity contribution in [1.29, 1.82) is 0 Å². The normalized spacial score (nSPS) is 21.0. The van der Waals surface area contributed by atoms with E-state index in [2.05, 4.69) is 10.3 Å². The monoisotopic (exact) mass is 249 g/mol. The molecule has 1 aliphatic heterocycles. The lowest BCUT2D eigenvalue weighted by atomic mass is 9.79. The van der Waals surface area contributed by atoms with Gasteiger partial charge in [-0.25, -0.2) is 9.97 Å². The van der Waals surface area contributed by atoms with Gasteiger partial charge in [0.05, 0.1) is 18.9 Å². The fourth-order valence-corrected chi connectivity index (χ4v) is 2.66. The van der Waals surface area contributed by atoms with Crippen LogP contribution in [0.5, 0.6) is 0 Å². The molecule has 0 aromatic carbocycles. The minimum atomic E-state index is -0.251. The topological polar surface area (TPSA) is 56.3 Å². The van der Waals surface area contributed by atoms with Crippen LogP contribution in [0.2, 0.25) is 0 Å². The van der Waals surface area contributed by atoms with Crippen molar-refractivity contribution < 1.29 is 9.47 Å². The smallest absolute Gasteiger partial charge is 0.162 e. The molecule has 3 rings (SSSR count). The summed E-state index contributed by atoms with van der Waals surface area (Å²) in [6.45, 7) is 1.35. The number of nitrogens with zero attached hydrogens (tertiary/aromatic N) is 2. The maximum Gasteiger partial charge on any atom is 0.162 e. The van der Waals surface area contributed by atoms with Crippen molar-refractivity contribution in [2.24, 2.45) is 0 Å². The average molecular weight is 249 g/mol. The maximum absolute atomic E-state index is 5.67. The van der Waals surface area contributed by atoms with Gasteiger partial charge in [0.15, 0.2) is 5.82 Å². The highest BCUT2D eigenvalue weighted by molar-refractivity contribution is 5.47. The van der Waals surface area contributed by atoms with Gasteiger partial charge in [-0.2, -0.15) is 0 Å². The Bertz CT molecular complexity index is 435. The SMILES string of the molecule is CNc1nc(C2(OC)CCC2)nc2c1COCC2. The summed E-state index contributed by atoms with van der Waals surface area (Å²) >= 11 is 0. The molecule has 0 spiro atoms. The van der Waals surface area contributed by atoms with Gasteiger partial charge in [0.25, 0.3) is 0 Å². The van der Waals surface area contributed by atoms with Crippen LogP contribution in [-0.4, -0.2) is 30.7 Å². The van der Waals surface area contributed by atoms with Gasteiger partial charge < -0.3 is 14.8 Å². The van der Waals surface area contributed by atoms with Crippen LogP contribution in [0.3, 0.4) is 0 Å². The standard InChI is InChI=1S/C13H19N3O2/c1-14-11-9-8-18-7-4-10(9)15-12(16-11)13(17-2)5-3-6-13/h3-8H2,1-2H3,(H,14,15,16). The Labute approximate surface area is 107 Å². The molecular weight excluding hydrogens is 230 g/mol. The molecular formula is C13H19N3O2. The highest BCUT2D eigenvalue weighted by Gasteiger charge is 2.42. The van der Waals surface area contributed by atoms with Crippen LogP contribution in [0.4, 0.5) is 5.82 Å². The highest BCUT2D eigenvalue weighted by Crippen LogP contribution is 2.43. The highest BCUT2D eigenvalue weighted by atomic mass is 16.5. The summed E-state index contributed by atoms with van der Waals surface area (Å²) in [5.41, 5.74) is 1.95. The van der Waals surface area contributed by atoms with Gasteiger partial charge >= 0.3 is 0 Å². The second-order valence-electron chi connectivity index (χ2n) is 4.93. The lowest BCUT2D eigenvalue weighted by Gasteiger charge is -2.39. The Morgan fingerprint density at radius 1 is 1.33 bits per heavy atom. The van der Waals surface area contributed by atoms with Gasteiger partial charge in [0.2, 0.25) is 0 Å². The molecule has 2 aliphatic rings. The van der Waals surface area contributed by atoms with Crippen LogP contribution in [0.15, 0.2) is 0 Å². The van der Waals surface area contributed by atoms with E-state index in [-0.39, 0.29) is 5.60 Å². The Kier molecular flexibility index (Phi) is 2.95. The van der Waals surface area contributed by atoms with Crippen molar-refractivity contribution in [2.75, 3.05) is 26.1 Å². The third kappa shape index (κ3) is 1.69. The summed E-state index contributed by atoms with van der Waals surface area (Å²) in [7, 11) is 3.64. The van der Waals surface area contributed by atoms with E-state index >= 15 is 0 Å². The summed E-state index contributed by atoms with van der Waals surface area (Å²) in [6, 6.07) is 0. The fourth-order valence-electron chi connectivity index (χ4n) is 2.66. The van der Waals surface area contributed by atoms with Crippen molar-refractivity contribution in [1.82, 2.24) is 9.97 Å². The number of nitrogens with one attached hydrogen (secondary N) is 1. The first kappa shape index (κ1) is 11.9. The molecule has 2 heterocycles. The molecule has 98 valence electrons. The van der Waals surface area contributed by atoms with E-state index in [9.17, 15) is 0 Å². The first-order chi connectivity index (χ1) is 8.79. The van der Waals surface area contributed by atoms with Crippen molar-refractivity contribution in [2.45, 2.75) is 37.9 Å². The van der Waals surface area contributed by atoms with Crippen LogP contribution in [0.25, 0.3) is 0 Å². The molecule has 1 N–H and O–H groups in total. The van der Waals surface area contributed by atoms with E-state index in [1.54, 1.807) is 7.11 Å². The third-order valence-corrected chi connectivity index (χ3v) is 4.02. The van der Waals surface area contributed by atoms with Gasteiger partial charge in [-0.3, -0.25) is 0 Å². The molecule has 0 saturated heterocycles. The number of methoxy groups -OCH3 is 1. The second kappa shape index (κ2) is 4.48. The zero-order valence-electron chi connectivity index (χ0n) is 11.0. The van der Waals surface area contributed by atoms with Crippen molar-refractivity contribution in [3.63, 3.8) is 0 Å². The van der Waals surface area contributed by atoms with Crippen LogP contribution in [0.1, 0.15) is 36.3 Å². The molecule has 18 heavy (non-hydrogen) atoms. The Hall–Kier alpha value is -1.20. The fraction of sp³-hybridized carbons (Fsp3) is 0.692. The molecule has 5 nitrogen and oxygen atoms in total. The lowest BCUT2D eigenvalue weighted by molar-refractivity contribution is -0.0848. The van der Waals surface area contributed by atoms with Crippen molar-refractivity contribution in [3.8, 4) is 0 Å². The van der Waals surface area contributed by atoms with Crippen LogP contribution >= 0.6 is 0 Å². The average Bonchev–Trinajstić information content (AvgIpc) is 2.37. The molecule has 0 unspecified atom stereocenters. The molecule has 1 aliphatic carbocycles. The summed E-state index contributed by atoms with van der Waals surface area (Å²) in [5, 5.41) is 3.15. The maximum atomic E-state index is 5.67. The Balaban J connectivity index is 2.05. The summed E-state index contributed by atoms with van der Waals surface area (Å²) in [4.78, 5) is 9.37. The number of rotatable bonds is 3. The van der Waals surface area contributed by atoms with Crippen LogP contribution in [0, 0.1) is 0 Å². The van der Waals surface area contributed by atoms with Gasteiger partial charge in [0.1, 0.15) is 11.4 Å². The molecule has 1 saturated carbocycles. The number of hydrogen-bond acceptors (Lipinski definition) is 5. The second-order valence-corrected chi connectivity index (χ2v) is 4.93. The molecule has 5 heteroatoms. The molecule has 0 radical (unpaired) electrons. The zero-order valence-corrected chi connectivity index (χ0v) is 11.0. The van der Waals surface area contributed by atoms with E-state index in [0.717, 1.165) is 48.8 Å². The third-order valence-electron chi connectivity index (χ3n) is 4.02. The number of ether oxygens (including phenoxy) is 2. The van der Waals surface area contributed by atoms with E-state index in [1.807, 2.05) is 7.05 Å². The largest absolute Gasteiger partial charge is 0.376 e. The van der Waals surface area contributed by atoms with Crippen molar-refractivity contribution in [3.05, 3.63) is 17.1 Å². The quantitative estimate of drug-likeness (QED) is 0.882. The van der Waals surface area contributed by atoms with Gasteiger partial charge in [-0.05, 0) is 19.3 Å². The first-order valence-electron chi connectivity index (χ1n) is 6.50. The Morgan fingerprint density at radius 2 is 2.17 bits per heavy atom. The first-order valence-corrected chi connectivity index (χ1v) is 6.50. The van der Waals surface area contributed by atoms with Gasteiger partial charge in [-0.15, -0.1) is 0 Å². The van der Waals surface area contributed by atoms with Gasteiger partial charge in [0, 0.05) is 26.1 Å².